The minimum atomic E-state index is -0.0686. The van der Waals surface area contributed by atoms with E-state index in [1.807, 2.05) is 32.8 Å². The summed E-state index contributed by atoms with van der Waals surface area (Å²) in [5.74, 6) is 0.163. The number of aliphatic hydroxyl groups excluding tert-OH is 1. The van der Waals surface area contributed by atoms with E-state index in [2.05, 4.69) is 5.32 Å². The predicted octanol–water partition coefficient (Wildman–Crippen LogP) is 0.0712. The standard InChI is InChI=1S/C10H22N2O2/c1-5-9(12(3)4)10(14)11-6-8(2)7-13/h8-9,13H,5-7H2,1-4H3,(H,11,14). The molecule has 0 aromatic heterocycles. The molecule has 0 saturated carbocycles. The molecule has 0 aromatic carbocycles. The summed E-state index contributed by atoms with van der Waals surface area (Å²) in [7, 11) is 3.78. The van der Waals surface area contributed by atoms with E-state index in [9.17, 15) is 4.79 Å². The molecule has 84 valence electrons. The van der Waals surface area contributed by atoms with Gasteiger partial charge in [-0.3, -0.25) is 9.69 Å². The second-order valence-electron chi connectivity index (χ2n) is 3.92. The van der Waals surface area contributed by atoms with Crippen molar-refractivity contribution in [2.24, 2.45) is 5.92 Å². The third kappa shape index (κ3) is 4.58. The van der Waals surface area contributed by atoms with E-state index in [4.69, 9.17) is 5.11 Å². The van der Waals surface area contributed by atoms with Crippen LogP contribution in [0.25, 0.3) is 0 Å². The van der Waals surface area contributed by atoms with Crippen LogP contribution in [0.5, 0.6) is 0 Å². The molecule has 2 unspecified atom stereocenters. The van der Waals surface area contributed by atoms with Gasteiger partial charge in [-0.1, -0.05) is 13.8 Å². The third-order valence-electron chi connectivity index (χ3n) is 2.25. The molecule has 0 heterocycles. The van der Waals surface area contributed by atoms with Gasteiger partial charge in [-0.2, -0.15) is 0 Å². The Morgan fingerprint density at radius 2 is 2.07 bits per heavy atom. The van der Waals surface area contributed by atoms with Gasteiger partial charge in [0.05, 0.1) is 6.04 Å². The summed E-state index contributed by atoms with van der Waals surface area (Å²) in [5, 5.41) is 11.6. The van der Waals surface area contributed by atoms with Crippen molar-refractivity contribution in [1.29, 1.82) is 0 Å². The number of aliphatic hydroxyl groups is 1. The first-order valence-corrected chi connectivity index (χ1v) is 5.07. The van der Waals surface area contributed by atoms with Gasteiger partial charge in [0.25, 0.3) is 0 Å². The largest absolute Gasteiger partial charge is 0.396 e. The number of nitrogens with zero attached hydrogens (tertiary/aromatic N) is 1. The highest BCUT2D eigenvalue weighted by Crippen LogP contribution is 1.99. The molecule has 0 aliphatic rings. The molecular weight excluding hydrogens is 180 g/mol. The zero-order valence-electron chi connectivity index (χ0n) is 9.58. The van der Waals surface area contributed by atoms with Crippen LogP contribution < -0.4 is 5.32 Å². The number of amides is 1. The lowest BCUT2D eigenvalue weighted by Crippen LogP contribution is -2.44. The molecule has 0 spiro atoms. The maximum absolute atomic E-state index is 11.6. The molecule has 4 heteroatoms. The quantitative estimate of drug-likeness (QED) is 0.641. The summed E-state index contributed by atoms with van der Waals surface area (Å²) in [6, 6.07) is -0.0686. The minimum absolute atomic E-state index is 0.0396. The van der Waals surface area contributed by atoms with Crippen molar-refractivity contribution >= 4 is 5.91 Å². The van der Waals surface area contributed by atoms with Crippen LogP contribution in [-0.2, 0) is 4.79 Å². The van der Waals surface area contributed by atoms with Crippen LogP contribution in [0.2, 0.25) is 0 Å². The van der Waals surface area contributed by atoms with Crippen LogP contribution in [0, 0.1) is 5.92 Å². The first kappa shape index (κ1) is 13.4. The number of hydrogen-bond donors (Lipinski definition) is 2. The predicted molar refractivity (Wildman–Crippen MR) is 57.0 cm³/mol. The molecule has 0 rings (SSSR count). The van der Waals surface area contributed by atoms with Gasteiger partial charge < -0.3 is 10.4 Å². The van der Waals surface area contributed by atoms with Crippen LogP contribution in [0.4, 0.5) is 0 Å². The zero-order chi connectivity index (χ0) is 11.1. The molecule has 0 fully saturated rings. The molecule has 0 bridgehead atoms. The Bertz CT molecular complexity index is 172. The van der Waals surface area contributed by atoms with Gasteiger partial charge in [-0.25, -0.2) is 0 Å². The van der Waals surface area contributed by atoms with Crippen LogP contribution >= 0.6 is 0 Å². The smallest absolute Gasteiger partial charge is 0.237 e. The van der Waals surface area contributed by atoms with Crippen molar-refractivity contribution in [3.8, 4) is 0 Å². The van der Waals surface area contributed by atoms with Crippen LogP contribution in [0.15, 0.2) is 0 Å². The number of likely N-dealkylation sites (N-methyl/N-ethyl adjacent to an activating group) is 1. The molecule has 2 atom stereocenters. The number of carbonyl (C=O) groups excluding carboxylic acids is 1. The maximum atomic E-state index is 11.6. The van der Waals surface area contributed by atoms with Crippen molar-refractivity contribution in [3.63, 3.8) is 0 Å². The van der Waals surface area contributed by atoms with Gasteiger partial charge in [0.15, 0.2) is 0 Å². The van der Waals surface area contributed by atoms with Crippen LogP contribution in [0.1, 0.15) is 20.3 Å². The van der Waals surface area contributed by atoms with Crippen molar-refractivity contribution in [1.82, 2.24) is 10.2 Å². The normalized spacial score (nSPS) is 15.3. The summed E-state index contributed by atoms with van der Waals surface area (Å²) in [6.07, 6.45) is 0.798. The van der Waals surface area contributed by atoms with E-state index < -0.39 is 0 Å². The van der Waals surface area contributed by atoms with E-state index in [-0.39, 0.29) is 24.5 Å². The molecule has 1 amide bonds. The maximum Gasteiger partial charge on any atom is 0.237 e. The Balaban J connectivity index is 3.93. The molecule has 0 aliphatic heterocycles. The van der Waals surface area contributed by atoms with Crippen molar-refractivity contribution in [3.05, 3.63) is 0 Å². The molecule has 0 aliphatic carbocycles. The highest BCUT2D eigenvalue weighted by molar-refractivity contribution is 5.81. The van der Waals surface area contributed by atoms with E-state index in [0.29, 0.717) is 6.54 Å². The SMILES string of the molecule is CCC(C(=O)NCC(C)CO)N(C)C. The molecule has 2 N–H and O–H groups in total. The summed E-state index contributed by atoms with van der Waals surface area (Å²) in [4.78, 5) is 13.5. The van der Waals surface area contributed by atoms with Crippen molar-refractivity contribution in [2.75, 3.05) is 27.2 Å². The van der Waals surface area contributed by atoms with Gasteiger partial charge in [0.1, 0.15) is 0 Å². The molecule has 0 aromatic rings. The van der Waals surface area contributed by atoms with Gasteiger partial charge >= 0.3 is 0 Å². The van der Waals surface area contributed by atoms with Crippen LogP contribution in [0.3, 0.4) is 0 Å². The van der Waals surface area contributed by atoms with Gasteiger partial charge in [-0.05, 0) is 26.4 Å². The Hall–Kier alpha value is -0.610. The first-order valence-electron chi connectivity index (χ1n) is 5.07. The van der Waals surface area contributed by atoms with Gasteiger partial charge in [0, 0.05) is 13.2 Å². The lowest BCUT2D eigenvalue weighted by molar-refractivity contribution is -0.125. The summed E-state index contributed by atoms with van der Waals surface area (Å²) >= 11 is 0. The van der Waals surface area contributed by atoms with Crippen LogP contribution in [-0.4, -0.2) is 49.2 Å². The first-order chi connectivity index (χ1) is 6.52. The fourth-order valence-corrected chi connectivity index (χ4v) is 1.24. The number of rotatable bonds is 6. The average Bonchev–Trinajstić information content (AvgIpc) is 2.14. The van der Waals surface area contributed by atoms with E-state index in [0.717, 1.165) is 6.42 Å². The Labute approximate surface area is 86.3 Å². The second kappa shape index (κ2) is 6.79. The zero-order valence-corrected chi connectivity index (χ0v) is 9.58. The fourth-order valence-electron chi connectivity index (χ4n) is 1.24. The van der Waals surface area contributed by atoms with E-state index in [1.54, 1.807) is 0 Å². The monoisotopic (exact) mass is 202 g/mol. The summed E-state index contributed by atoms with van der Waals surface area (Å²) in [5.41, 5.74) is 0. The summed E-state index contributed by atoms with van der Waals surface area (Å²) in [6.45, 7) is 4.54. The summed E-state index contributed by atoms with van der Waals surface area (Å²) < 4.78 is 0. The molecule has 4 nitrogen and oxygen atoms in total. The number of carbonyl (C=O) groups is 1. The lowest BCUT2D eigenvalue weighted by Gasteiger charge is -2.22. The Kier molecular flexibility index (Phi) is 6.49. The van der Waals surface area contributed by atoms with E-state index in [1.165, 1.54) is 0 Å². The number of nitrogens with one attached hydrogen (secondary N) is 1. The van der Waals surface area contributed by atoms with Gasteiger partial charge in [-0.15, -0.1) is 0 Å². The Morgan fingerprint density at radius 1 is 1.50 bits per heavy atom. The average molecular weight is 202 g/mol. The molecule has 0 radical (unpaired) electrons. The van der Waals surface area contributed by atoms with Crippen molar-refractivity contribution < 1.29 is 9.90 Å². The fraction of sp³-hybridized carbons (Fsp3) is 0.900. The topological polar surface area (TPSA) is 52.6 Å². The van der Waals surface area contributed by atoms with Crippen molar-refractivity contribution in [2.45, 2.75) is 26.3 Å². The highest BCUT2D eigenvalue weighted by atomic mass is 16.3. The highest BCUT2D eigenvalue weighted by Gasteiger charge is 2.18. The molecular formula is C10H22N2O2. The van der Waals surface area contributed by atoms with Gasteiger partial charge in [0.2, 0.25) is 5.91 Å². The second-order valence-corrected chi connectivity index (χ2v) is 3.92. The Morgan fingerprint density at radius 3 is 2.43 bits per heavy atom. The third-order valence-corrected chi connectivity index (χ3v) is 2.25. The molecule has 14 heavy (non-hydrogen) atoms. The lowest BCUT2D eigenvalue weighted by atomic mass is 10.1. The van der Waals surface area contributed by atoms with E-state index >= 15 is 0 Å². The minimum Gasteiger partial charge on any atom is -0.396 e. The number of hydrogen-bond acceptors (Lipinski definition) is 3. The molecule has 0 saturated heterocycles.